The minimum atomic E-state index is -2.45. The maximum atomic E-state index is 10.6. The molecule has 0 saturated heterocycles. The van der Waals surface area contributed by atoms with Gasteiger partial charge in [0.25, 0.3) is 0 Å². The summed E-state index contributed by atoms with van der Waals surface area (Å²) < 4.78 is 15.7. The monoisotopic (exact) mass is 266 g/mol. The molecule has 0 spiro atoms. The van der Waals surface area contributed by atoms with Gasteiger partial charge < -0.3 is 0 Å². The van der Waals surface area contributed by atoms with Crippen molar-refractivity contribution in [1.29, 1.82) is 0 Å². The van der Waals surface area contributed by atoms with Crippen molar-refractivity contribution in [3.05, 3.63) is 0 Å². The third-order valence-electron chi connectivity index (χ3n) is 1.55. The van der Waals surface area contributed by atoms with Crippen molar-refractivity contribution in [2.24, 2.45) is 0 Å². The predicted molar refractivity (Wildman–Crippen MR) is 47.0 cm³/mol. The Balaban J connectivity index is 2.85. The molecule has 0 amide bonds. The van der Waals surface area contributed by atoms with Crippen LogP contribution in [0.1, 0.15) is 39.0 Å². The Morgan fingerprint density at radius 3 is 2.36 bits per heavy atom. The number of hydrogen-bond acceptors (Lipinski definition) is 2. The minimum absolute atomic E-state index is 0.721. The van der Waals surface area contributed by atoms with Gasteiger partial charge in [0.2, 0.25) is 0 Å². The molecule has 0 N–H and O–H groups in total. The SMILES string of the molecule is CCCCCCC[O][Sn]([CH3])=[O]. The third-order valence-corrected chi connectivity index (χ3v) is 3.30. The quantitative estimate of drug-likeness (QED) is 0.522. The van der Waals surface area contributed by atoms with Crippen molar-refractivity contribution in [3.8, 4) is 0 Å². The number of unbranched alkanes of at least 4 members (excludes halogenated alkanes) is 4. The average molecular weight is 265 g/mol. The van der Waals surface area contributed by atoms with Gasteiger partial charge in [-0.1, -0.05) is 0 Å². The van der Waals surface area contributed by atoms with Crippen LogP contribution in [0.4, 0.5) is 0 Å². The van der Waals surface area contributed by atoms with Crippen LogP contribution in [0.15, 0.2) is 0 Å². The summed E-state index contributed by atoms with van der Waals surface area (Å²) >= 11 is -2.45. The fourth-order valence-electron chi connectivity index (χ4n) is 0.922. The van der Waals surface area contributed by atoms with E-state index in [2.05, 4.69) is 6.92 Å². The Morgan fingerprint density at radius 2 is 1.82 bits per heavy atom. The van der Waals surface area contributed by atoms with Crippen molar-refractivity contribution >= 4 is 20.2 Å². The van der Waals surface area contributed by atoms with Gasteiger partial charge in [0, 0.05) is 0 Å². The van der Waals surface area contributed by atoms with Crippen LogP contribution in [-0.4, -0.2) is 26.8 Å². The third kappa shape index (κ3) is 10.6. The molecule has 0 saturated carbocycles. The Hall–Kier alpha value is 0.559. The van der Waals surface area contributed by atoms with Crippen LogP contribution in [0.25, 0.3) is 0 Å². The van der Waals surface area contributed by atoms with Crippen LogP contribution in [-0.2, 0) is 6.15 Å². The van der Waals surface area contributed by atoms with Crippen molar-refractivity contribution < 1.29 is 6.15 Å². The molecule has 0 bridgehead atoms. The van der Waals surface area contributed by atoms with Crippen LogP contribution in [0, 0.1) is 0 Å². The standard InChI is InChI=1S/C7H15O.CH3.O.Sn/c1-2-3-4-5-6-7-8;;;/h2-7H2,1H3;1H3;;/q-1;;;+1. The second kappa shape index (κ2) is 8.65. The molecular weight excluding hydrogens is 247 g/mol. The molecule has 0 rings (SSSR count). The zero-order valence-electron chi connectivity index (χ0n) is 7.56. The van der Waals surface area contributed by atoms with E-state index in [4.69, 9.17) is 3.07 Å². The molecule has 0 aliphatic rings. The molecule has 0 aliphatic carbocycles. The molecule has 66 valence electrons. The summed E-state index contributed by atoms with van der Waals surface area (Å²) in [5.74, 6) is 0. The molecule has 0 unspecified atom stereocenters. The molecule has 2 nitrogen and oxygen atoms in total. The summed E-state index contributed by atoms with van der Waals surface area (Å²) in [5, 5.41) is 0. The van der Waals surface area contributed by atoms with E-state index >= 15 is 0 Å². The van der Waals surface area contributed by atoms with E-state index in [-0.39, 0.29) is 0 Å². The Kier molecular flexibility index (Phi) is 9.09. The van der Waals surface area contributed by atoms with Crippen molar-refractivity contribution in [2.75, 3.05) is 6.61 Å². The molecule has 0 aromatic carbocycles. The topological polar surface area (TPSA) is 26.3 Å². The van der Waals surface area contributed by atoms with Crippen molar-refractivity contribution in [2.45, 2.75) is 44.0 Å². The van der Waals surface area contributed by atoms with E-state index in [0.717, 1.165) is 13.0 Å². The maximum absolute atomic E-state index is 10.6. The van der Waals surface area contributed by atoms with E-state index in [1.807, 2.05) is 0 Å². The Bertz CT molecular complexity index is 104. The first-order chi connectivity index (χ1) is 5.27. The zero-order valence-corrected chi connectivity index (χ0v) is 10.4. The van der Waals surface area contributed by atoms with E-state index in [0.29, 0.717) is 0 Å². The van der Waals surface area contributed by atoms with E-state index in [9.17, 15) is 3.08 Å². The molecule has 0 atom stereocenters. The normalized spacial score (nSPS) is 10.0. The van der Waals surface area contributed by atoms with Gasteiger partial charge in [-0.05, 0) is 0 Å². The van der Waals surface area contributed by atoms with Crippen LogP contribution >= 0.6 is 0 Å². The Labute approximate surface area is 77.0 Å². The number of rotatable bonds is 7. The van der Waals surface area contributed by atoms with E-state index in [1.165, 1.54) is 25.7 Å². The molecule has 11 heavy (non-hydrogen) atoms. The van der Waals surface area contributed by atoms with Gasteiger partial charge >= 0.3 is 76.9 Å². The van der Waals surface area contributed by atoms with Gasteiger partial charge in [0.15, 0.2) is 0 Å². The summed E-state index contributed by atoms with van der Waals surface area (Å²) in [5.41, 5.74) is 0. The van der Waals surface area contributed by atoms with Gasteiger partial charge in [0.05, 0.1) is 0 Å². The molecule has 0 radical (unpaired) electrons. The number of hydrogen-bond donors (Lipinski definition) is 0. The van der Waals surface area contributed by atoms with Crippen molar-refractivity contribution in [3.63, 3.8) is 0 Å². The molecule has 3 heteroatoms. The summed E-state index contributed by atoms with van der Waals surface area (Å²) in [4.78, 5) is 1.73. The fourth-order valence-corrected chi connectivity index (χ4v) is 2.15. The van der Waals surface area contributed by atoms with Gasteiger partial charge in [-0.3, -0.25) is 0 Å². The van der Waals surface area contributed by atoms with Crippen LogP contribution in [0.3, 0.4) is 0 Å². The molecule has 0 aromatic heterocycles. The van der Waals surface area contributed by atoms with Gasteiger partial charge in [-0.25, -0.2) is 0 Å². The summed E-state index contributed by atoms with van der Waals surface area (Å²) in [6.45, 7) is 2.92. The second-order valence-electron chi connectivity index (χ2n) is 2.75. The van der Waals surface area contributed by atoms with Gasteiger partial charge in [-0.15, -0.1) is 0 Å². The molecule has 0 aliphatic heterocycles. The second-order valence-corrected chi connectivity index (χ2v) is 6.38. The fraction of sp³-hybridized carbons (Fsp3) is 1.00. The first-order valence-corrected chi connectivity index (χ1v) is 9.59. The summed E-state index contributed by atoms with van der Waals surface area (Å²) in [7, 11) is 0. The first kappa shape index (κ1) is 11.6. The molecule has 0 fully saturated rings. The average Bonchev–Trinajstić information content (AvgIpc) is 1.96. The summed E-state index contributed by atoms with van der Waals surface area (Å²) in [6.07, 6.45) is 6.19. The predicted octanol–water partition coefficient (Wildman–Crippen LogP) is 2.52. The molecule has 0 heterocycles. The van der Waals surface area contributed by atoms with Crippen LogP contribution in [0.2, 0.25) is 4.94 Å². The van der Waals surface area contributed by atoms with Crippen LogP contribution < -0.4 is 0 Å². The van der Waals surface area contributed by atoms with Crippen molar-refractivity contribution in [1.82, 2.24) is 0 Å². The summed E-state index contributed by atoms with van der Waals surface area (Å²) in [6, 6.07) is 0. The van der Waals surface area contributed by atoms with Gasteiger partial charge in [-0.2, -0.15) is 0 Å². The zero-order chi connectivity index (χ0) is 8.53. The van der Waals surface area contributed by atoms with E-state index in [1.54, 1.807) is 4.94 Å². The van der Waals surface area contributed by atoms with Crippen LogP contribution in [0.5, 0.6) is 0 Å². The van der Waals surface area contributed by atoms with E-state index < -0.39 is 20.2 Å². The Morgan fingerprint density at radius 1 is 1.18 bits per heavy atom. The molecule has 0 aromatic rings. The van der Waals surface area contributed by atoms with Gasteiger partial charge in [0.1, 0.15) is 0 Å². The first-order valence-electron chi connectivity index (χ1n) is 4.40. The molecular formula is C8H18O2Sn.